The molecule has 0 saturated carbocycles. The fourth-order valence-corrected chi connectivity index (χ4v) is 1.10. The lowest BCUT2D eigenvalue weighted by molar-refractivity contribution is 0.158. The van der Waals surface area contributed by atoms with Gasteiger partial charge in [0, 0.05) is 6.07 Å². The maximum Gasteiger partial charge on any atom is 0.168 e. The first-order valence-electron chi connectivity index (χ1n) is 3.72. The van der Waals surface area contributed by atoms with Gasteiger partial charge in [0.05, 0.1) is 19.2 Å². The van der Waals surface area contributed by atoms with Crippen LogP contribution in [-0.2, 0) is 6.54 Å². The van der Waals surface area contributed by atoms with Crippen molar-refractivity contribution in [2.24, 2.45) is 0 Å². The Kier molecular flexibility index (Phi) is 3.21. The van der Waals surface area contributed by atoms with E-state index in [0.29, 0.717) is 6.07 Å². The summed E-state index contributed by atoms with van der Waals surface area (Å²) in [6, 6.07) is 0.509. The van der Waals surface area contributed by atoms with Crippen molar-refractivity contribution in [3.05, 3.63) is 23.3 Å². The van der Waals surface area contributed by atoms with Crippen LogP contribution in [0.5, 0.6) is 11.5 Å². The number of hydroxylamine groups is 1. The van der Waals surface area contributed by atoms with Crippen LogP contribution in [0, 0.1) is 11.6 Å². The lowest BCUT2D eigenvalue weighted by Gasteiger charge is -2.10. The van der Waals surface area contributed by atoms with Crippen LogP contribution in [0.3, 0.4) is 0 Å². The minimum absolute atomic E-state index is 0.174. The second kappa shape index (κ2) is 4.21. The molecule has 3 N–H and O–H groups in total. The Labute approximate surface area is 78.7 Å². The van der Waals surface area contributed by atoms with Gasteiger partial charge in [0.2, 0.25) is 0 Å². The molecule has 0 atom stereocenters. The summed E-state index contributed by atoms with van der Waals surface area (Å²) in [4.78, 5) is 0. The first-order valence-corrected chi connectivity index (χ1v) is 3.72. The Hall–Kier alpha value is -1.40. The predicted octanol–water partition coefficient (Wildman–Crippen LogP) is 1.16. The molecule has 14 heavy (non-hydrogen) atoms. The Balaban J connectivity index is 3.32. The summed E-state index contributed by atoms with van der Waals surface area (Å²) >= 11 is 0. The first-order chi connectivity index (χ1) is 6.61. The Morgan fingerprint density at radius 1 is 1.43 bits per heavy atom. The second-order valence-corrected chi connectivity index (χ2v) is 2.54. The van der Waals surface area contributed by atoms with Gasteiger partial charge in [-0.2, -0.15) is 0 Å². The van der Waals surface area contributed by atoms with Gasteiger partial charge >= 0.3 is 0 Å². The summed E-state index contributed by atoms with van der Waals surface area (Å²) in [5, 5.41) is 17.6. The molecule has 0 aromatic heterocycles. The molecule has 0 amide bonds. The fraction of sp³-hybridized carbons (Fsp3) is 0.250. The van der Waals surface area contributed by atoms with Crippen molar-refractivity contribution >= 4 is 0 Å². The van der Waals surface area contributed by atoms with Crippen LogP contribution >= 0.6 is 0 Å². The molecular formula is C8H9F2NO3. The van der Waals surface area contributed by atoms with Gasteiger partial charge in [0.1, 0.15) is 0 Å². The van der Waals surface area contributed by atoms with Crippen LogP contribution < -0.4 is 10.2 Å². The van der Waals surface area contributed by atoms with E-state index in [0.717, 1.165) is 0 Å². The van der Waals surface area contributed by atoms with E-state index in [-0.39, 0.29) is 17.9 Å². The third-order valence-electron chi connectivity index (χ3n) is 1.72. The minimum atomic E-state index is -1.10. The quantitative estimate of drug-likeness (QED) is 0.648. The smallest absolute Gasteiger partial charge is 0.168 e. The zero-order chi connectivity index (χ0) is 10.7. The molecule has 0 spiro atoms. The predicted molar refractivity (Wildman–Crippen MR) is 43.2 cm³/mol. The number of rotatable bonds is 3. The highest BCUT2D eigenvalue weighted by Gasteiger charge is 2.18. The van der Waals surface area contributed by atoms with Crippen molar-refractivity contribution in [1.29, 1.82) is 0 Å². The van der Waals surface area contributed by atoms with Gasteiger partial charge in [-0.05, 0) is 0 Å². The second-order valence-electron chi connectivity index (χ2n) is 2.54. The van der Waals surface area contributed by atoms with Crippen LogP contribution in [0.4, 0.5) is 8.78 Å². The maximum atomic E-state index is 13.0. The Bertz CT molecular complexity index is 344. The molecule has 4 nitrogen and oxygen atoms in total. The number of phenols is 1. The van der Waals surface area contributed by atoms with Crippen LogP contribution in [-0.4, -0.2) is 17.4 Å². The molecule has 0 bridgehead atoms. The number of aromatic hydroxyl groups is 1. The van der Waals surface area contributed by atoms with Gasteiger partial charge in [0.15, 0.2) is 23.1 Å². The fourth-order valence-electron chi connectivity index (χ4n) is 1.10. The first kappa shape index (κ1) is 10.7. The van der Waals surface area contributed by atoms with Crippen molar-refractivity contribution < 1.29 is 23.8 Å². The van der Waals surface area contributed by atoms with Crippen molar-refractivity contribution in [1.82, 2.24) is 5.48 Å². The highest BCUT2D eigenvalue weighted by Crippen LogP contribution is 2.32. The Morgan fingerprint density at radius 3 is 2.57 bits per heavy atom. The maximum absolute atomic E-state index is 13.0. The summed E-state index contributed by atoms with van der Waals surface area (Å²) in [5.74, 6) is -3.09. The molecule has 1 rings (SSSR count). The molecule has 0 aliphatic carbocycles. The summed E-state index contributed by atoms with van der Waals surface area (Å²) in [6.07, 6.45) is 0. The van der Waals surface area contributed by atoms with E-state index in [4.69, 9.17) is 5.21 Å². The largest absolute Gasteiger partial charge is 0.504 e. The molecule has 6 heteroatoms. The number of phenolic OH excluding ortho intramolecular Hbond substituents is 1. The number of methoxy groups -OCH3 is 1. The number of nitrogens with one attached hydrogen (secondary N) is 1. The average Bonchev–Trinajstić information content (AvgIpc) is 2.14. The lowest BCUT2D eigenvalue weighted by Crippen LogP contribution is -2.09. The average molecular weight is 205 g/mol. The van der Waals surface area contributed by atoms with Gasteiger partial charge in [-0.25, -0.2) is 14.3 Å². The normalized spacial score (nSPS) is 10.3. The monoisotopic (exact) mass is 205 g/mol. The highest BCUT2D eigenvalue weighted by atomic mass is 19.1. The molecular weight excluding hydrogens is 196 g/mol. The number of halogens is 2. The third-order valence-corrected chi connectivity index (χ3v) is 1.72. The molecule has 0 aliphatic heterocycles. The SMILES string of the molecule is COc1c(F)cc(F)c(O)c1CNO. The van der Waals surface area contributed by atoms with Gasteiger partial charge in [0.25, 0.3) is 0 Å². The van der Waals surface area contributed by atoms with Crippen LogP contribution in [0.15, 0.2) is 6.07 Å². The van der Waals surface area contributed by atoms with E-state index in [2.05, 4.69) is 4.74 Å². The molecule has 0 unspecified atom stereocenters. The highest BCUT2D eigenvalue weighted by molar-refractivity contribution is 5.45. The molecule has 78 valence electrons. The topological polar surface area (TPSA) is 61.7 Å². The van der Waals surface area contributed by atoms with E-state index < -0.39 is 17.4 Å². The standard InChI is InChI=1S/C8H9F2NO3/c1-14-8-4(3-11-13)7(12)5(9)2-6(8)10/h2,11-13H,3H2,1H3. The van der Waals surface area contributed by atoms with Crippen LogP contribution in [0.1, 0.15) is 5.56 Å². The number of ether oxygens (including phenoxy) is 1. The van der Waals surface area contributed by atoms with Crippen molar-refractivity contribution in [3.63, 3.8) is 0 Å². The van der Waals surface area contributed by atoms with Crippen LogP contribution in [0.2, 0.25) is 0 Å². The summed E-state index contributed by atoms with van der Waals surface area (Å²) in [7, 11) is 1.18. The van der Waals surface area contributed by atoms with E-state index in [1.165, 1.54) is 7.11 Å². The van der Waals surface area contributed by atoms with Crippen molar-refractivity contribution in [3.8, 4) is 11.5 Å². The van der Waals surface area contributed by atoms with Gasteiger partial charge in [-0.15, -0.1) is 0 Å². The molecule has 0 aliphatic rings. The number of hydrogen-bond donors (Lipinski definition) is 3. The molecule has 0 radical (unpaired) electrons. The molecule has 0 fully saturated rings. The zero-order valence-corrected chi connectivity index (χ0v) is 7.34. The lowest BCUT2D eigenvalue weighted by atomic mass is 10.1. The molecule has 0 saturated heterocycles. The number of benzene rings is 1. The Morgan fingerprint density at radius 2 is 2.07 bits per heavy atom. The summed E-state index contributed by atoms with van der Waals surface area (Å²) in [5.41, 5.74) is 1.51. The van der Waals surface area contributed by atoms with E-state index in [1.54, 1.807) is 5.48 Å². The number of hydrogen-bond acceptors (Lipinski definition) is 4. The van der Waals surface area contributed by atoms with Crippen molar-refractivity contribution in [2.45, 2.75) is 6.54 Å². The van der Waals surface area contributed by atoms with E-state index in [9.17, 15) is 13.9 Å². The third kappa shape index (κ3) is 1.75. The van der Waals surface area contributed by atoms with Gasteiger partial charge in [-0.1, -0.05) is 0 Å². The molecule has 1 aromatic rings. The van der Waals surface area contributed by atoms with Crippen LogP contribution in [0.25, 0.3) is 0 Å². The van der Waals surface area contributed by atoms with Crippen molar-refractivity contribution in [2.75, 3.05) is 7.11 Å². The van der Waals surface area contributed by atoms with Gasteiger partial charge < -0.3 is 15.1 Å². The van der Waals surface area contributed by atoms with E-state index >= 15 is 0 Å². The van der Waals surface area contributed by atoms with E-state index in [1.807, 2.05) is 0 Å². The summed E-state index contributed by atoms with van der Waals surface area (Å²) in [6.45, 7) is -0.316. The summed E-state index contributed by atoms with van der Waals surface area (Å²) < 4.78 is 30.5. The molecule has 1 aromatic carbocycles. The van der Waals surface area contributed by atoms with Gasteiger partial charge in [-0.3, -0.25) is 0 Å². The molecule has 0 heterocycles. The minimum Gasteiger partial charge on any atom is -0.504 e. The zero-order valence-electron chi connectivity index (χ0n) is 7.34.